The maximum Gasteiger partial charge on any atom is 0.0587 e. The van der Waals surface area contributed by atoms with Crippen LogP contribution in [0.2, 0.25) is 0 Å². The Labute approximate surface area is 107 Å². The SMILES string of the molecule is COCCNCCCCN(C)CCCN(C)C. The second-order valence-electron chi connectivity index (χ2n) is 4.91. The molecule has 0 aromatic rings. The third-order valence-corrected chi connectivity index (χ3v) is 2.77. The van der Waals surface area contributed by atoms with Crippen LogP contribution >= 0.6 is 0 Å². The number of methoxy groups -OCH3 is 1. The van der Waals surface area contributed by atoms with Gasteiger partial charge >= 0.3 is 0 Å². The lowest BCUT2D eigenvalue weighted by molar-refractivity contribution is 0.199. The number of rotatable bonds is 12. The Morgan fingerprint density at radius 1 is 0.882 bits per heavy atom. The maximum absolute atomic E-state index is 4.98. The topological polar surface area (TPSA) is 27.7 Å². The monoisotopic (exact) mass is 245 g/mol. The highest BCUT2D eigenvalue weighted by Crippen LogP contribution is 1.94. The van der Waals surface area contributed by atoms with Crippen molar-refractivity contribution in [3.05, 3.63) is 0 Å². The Kier molecular flexibility index (Phi) is 12.2. The van der Waals surface area contributed by atoms with Crippen LogP contribution in [0.4, 0.5) is 0 Å². The Morgan fingerprint density at radius 3 is 2.24 bits per heavy atom. The third kappa shape index (κ3) is 13.8. The van der Waals surface area contributed by atoms with Gasteiger partial charge in [0.25, 0.3) is 0 Å². The van der Waals surface area contributed by atoms with E-state index >= 15 is 0 Å². The fraction of sp³-hybridized carbons (Fsp3) is 1.00. The molecule has 0 aromatic heterocycles. The van der Waals surface area contributed by atoms with Crippen LogP contribution in [0, 0.1) is 0 Å². The Hall–Kier alpha value is -0.160. The van der Waals surface area contributed by atoms with Gasteiger partial charge in [0.1, 0.15) is 0 Å². The molecule has 0 amide bonds. The van der Waals surface area contributed by atoms with E-state index in [0.717, 1.165) is 19.7 Å². The summed E-state index contributed by atoms with van der Waals surface area (Å²) in [5.41, 5.74) is 0. The third-order valence-electron chi connectivity index (χ3n) is 2.77. The summed E-state index contributed by atoms with van der Waals surface area (Å²) < 4.78 is 4.98. The fourth-order valence-electron chi connectivity index (χ4n) is 1.70. The van der Waals surface area contributed by atoms with Crippen molar-refractivity contribution in [3.63, 3.8) is 0 Å². The Bertz CT molecular complexity index is 154. The number of hydrogen-bond acceptors (Lipinski definition) is 4. The molecule has 4 nitrogen and oxygen atoms in total. The molecule has 0 fully saturated rings. The van der Waals surface area contributed by atoms with Crippen molar-refractivity contribution in [1.29, 1.82) is 0 Å². The number of nitrogens with zero attached hydrogens (tertiary/aromatic N) is 2. The van der Waals surface area contributed by atoms with E-state index < -0.39 is 0 Å². The number of ether oxygens (including phenoxy) is 1. The van der Waals surface area contributed by atoms with Gasteiger partial charge in [-0.2, -0.15) is 0 Å². The molecular formula is C13H31N3O. The zero-order valence-electron chi connectivity index (χ0n) is 12.2. The predicted molar refractivity (Wildman–Crippen MR) is 74.6 cm³/mol. The van der Waals surface area contributed by atoms with Crippen LogP contribution in [0.15, 0.2) is 0 Å². The van der Waals surface area contributed by atoms with Gasteiger partial charge in [-0.1, -0.05) is 0 Å². The van der Waals surface area contributed by atoms with Crippen molar-refractivity contribution in [1.82, 2.24) is 15.1 Å². The van der Waals surface area contributed by atoms with Gasteiger partial charge in [0.2, 0.25) is 0 Å². The number of nitrogens with one attached hydrogen (secondary N) is 1. The molecule has 0 atom stereocenters. The van der Waals surface area contributed by atoms with Crippen LogP contribution in [0.25, 0.3) is 0 Å². The molecule has 0 bridgehead atoms. The summed E-state index contributed by atoms with van der Waals surface area (Å²) >= 11 is 0. The number of unbranched alkanes of at least 4 members (excludes halogenated alkanes) is 1. The van der Waals surface area contributed by atoms with Crippen molar-refractivity contribution < 1.29 is 4.74 Å². The summed E-state index contributed by atoms with van der Waals surface area (Å²) in [5.74, 6) is 0. The molecule has 104 valence electrons. The molecule has 0 aliphatic heterocycles. The molecule has 17 heavy (non-hydrogen) atoms. The second-order valence-corrected chi connectivity index (χ2v) is 4.91. The second kappa shape index (κ2) is 12.3. The lowest BCUT2D eigenvalue weighted by Gasteiger charge is -2.18. The molecular weight excluding hydrogens is 214 g/mol. The average Bonchev–Trinajstić information content (AvgIpc) is 2.27. The largest absolute Gasteiger partial charge is 0.383 e. The quantitative estimate of drug-likeness (QED) is 0.517. The van der Waals surface area contributed by atoms with Crippen molar-refractivity contribution in [2.24, 2.45) is 0 Å². The van der Waals surface area contributed by atoms with E-state index in [9.17, 15) is 0 Å². The summed E-state index contributed by atoms with van der Waals surface area (Å²) in [7, 11) is 8.22. The zero-order chi connectivity index (χ0) is 12.9. The van der Waals surface area contributed by atoms with E-state index in [1.165, 1.54) is 38.9 Å². The molecule has 0 aliphatic rings. The van der Waals surface area contributed by atoms with Gasteiger partial charge in [-0.25, -0.2) is 0 Å². The van der Waals surface area contributed by atoms with Crippen LogP contribution < -0.4 is 5.32 Å². The molecule has 0 heterocycles. The van der Waals surface area contributed by atoms with E-state index in [2.05, 4.69) is 36.3 Å². The molecule has 0 unspecified atom stereocenters. The minimum Gasteiger partial charge on any atom is -0.383 e. The van der Waals surface area contributed by atoms with Gasteiger partial charge in [-0.05, 0) is 66.6 Å². The van der Waals surface area contributed by atoms with Crippen LogP contribution in [0.1, 0.15) is 19.3 Å². The molecule has 0 saturated carbocycles. The van der Waals surface area contributed by atoms with Gasteiger partial charge in [0.15, 0.2) is 0 Å². The molecule has 0 rings (SSSR count). The van der Waals surface area contributed by atoms with E-state index in [0.29, 0.717) is 0 Å². The molecule has 4 heteroatoms. The standard InChI is InChI=1S/C13H31N3O/c1-15(2)10-7-12-16(3)11-6-5-8-14-9-13-17-4/h14H,5-13H2,1-4H3. The van der Waals surface area contributed by atoms with Crippen molar-refractivity contribution in [2.45, 2.75) is 19.3 Å². The van der Waals surface area contributed by atoms with Gasteiger partial charge in [0, 0.05) is 13.7 Å². The first-order valence-electron chi connectivity index (χ1n) is 6.69. The summed E-state index contributed by atoms with van der Waals surface area (Å²) in [6.07, 6.45) is 3.79. The minimum absolute atomic E-state index is 0.810. The lowest BCUT2D eigenvalue weighted by Crippen LogP contribution is -2.26. The first-order chi connectivity index (χ1) is 8.16. The van der Waals surface area contributed by atoms with Gasteiger partial charge < -0.3 is 19.9 Å². The summed E-state index contributed by atoms with van der Waals surface area (Å²) in [4.78, 5) is 4.67. The molecule has 0 radical (unpaired) electrons. The highest BCUT2D eigenvalue weighted by Gasteiger charge is 1.98. The molecule has 0 saturated heterocycles. The maximum atomic E-state index is 4.98. The first-order valence-corrected chi connectivity index (χ1v) is 6.69. The zero-order valence-corrected chi connectivity index (χ0v) is 12.2. The summed E-state index contributed by atoms with van der Waals surface area (Å²) in [6.45, 7) is 6.48. The highest BCUT2D eigenvalue weighted by molar-refractivity contribution is 4.55. The Morgan fingerprint density at radius 2 is 1.59 bits per heavy atom. The molecule has 1 N–H and O–H groups in total. The lowest BCUT2D eigenvalue weighted by atomic mass is 10.3. The fourth-order valence-corrected chi connectivity index (χ4v) is 1.70. The molecule has 0 spiro atoms. The molecule has 0 aliphatic carbocycles. The Balaban J connectivity index is 3.13. The predicted octanol–water partition coefficient (Wildman–Crippen LogP) is 0.886. The van der Waals surface area contributed by atoms with Gasteiger partial charge in [0.05, 0.1) is 6.61 Å². The van der Waals surface area contributed by atoms with Crippen LogP contribution in [0.5, 0.6) is 0 Å². The normalized spacial score (nSPS) is 11.6. The van der Waals surface area contributed by atoms with Crippen molar-refractivity contribution >= 4 is 0 Å². The first kappa shape index (κ1) is 16.8. The van der Waals surface area contributed by atoms with Crippen LogP contribution in [-0.2, 0) is 4.74 Å². The van der Waals surface area contributed by atoms with E-state index in [1.54, 1.807) is 7.11 Å². The highest BCUT2D eigenvalue weighted by atomic mass is 16.5. The van der Waals surface area contributed by atoms with E-state index in [4.69, 9.17) is 4.74 Å². The van der Waals surface area contributed by atoms with Crippen LogP contribution in [-0.4, -0.2) is 77.4 Å². The smallest absolute Gasteiger partial charge is 0.0587 e. The van der Waals surface area contributed by atoms with E-state index in [1.807, 2.05) is 0 Å². The summed E-state index contributed by atoms with van der Waals surface area (Å²) in [5, 5.41) is 3.37. The van der Waals surface area contributed by atoms with Crippen molar-refractivity contribution in [3.8, 4) is 0 Å². The van der Waals surface area contributed by atoms with Crippen molar-refractivity contribution in [2.75, 3.05) is 67.6 Å². The van der Waals surface area contributed by atoms with Gasteiger partial charge in [-0.3, -0.25) is 0 Å². The number of hydrogen-bond donors (Lipinski definition) is 1. The molecule has 0 aromatic carbocycles. The average molecular weight is 245 g/mol. The van der Waals surface area contributed by atoms with E-state index in [-0.39, 0.29) is 0 Å². The van der Waals surface area contributed by atoms with Gasteiger partial charge in [-0.15, -0.1) is 0 Å². The summed E-state index contributed by atoms with van der Waals surface area (Å²) in [6, 6.07) is 0. The minimum atomic E-state index is 0.810. The van der Waals surface area contributed by atoms with Crippen LogP contribution in [0.3, 0.4) is 0 Å².